The molecule has 1 aliphatic heterocycles. The van der Waals surface area contributed by atoms with Gasteiger partial charge in [-0.2, -0.15) is 5.10 Å². The number of nitrogens with zero attached hydrogens (tertiary/aromatic N) is 3. The van der Waals surface area contributed by atoms with Gasteiger partial charge in [-0.15, -0.1) is 0 Å². The number of carbonyl (C=O) groups is 1. The van der Waals surface area contributed by atoms with Crippen LogP contribution in [0.3, 0.4) is 0 Å². The third kappa shape index (κ3) is 4.68. The van der Waals surface area contributed by atoms with Crippen LogP contribution < -0.4 is 16.3 Å². The van der Waals surface area contributed by atoms with Crippen molar-refractivity contribution in [2.45, 2.75) is 52.2 Å². The quantitative estimate of drug-likeness (QED) is 0.675. The normalized spacial score (nSPS) is 15.8. The van der Waals surface area contributed by atoms with E-state index in [2.05, 4.69) is 15.7 Å². The summed E-state index contributed by atoms with van der Waals surface area (Å²) in [5.74, 6) is 0.406. The molecule has 2 N–H and O–H groups in total. The van der Waals surface area contributed by atoms with Crippen molar-refractivity contribution in [2.24, 2.45) is 0 Å². The number of carbonyl (C=O) groups excluding carboxylic acids is 1. The Morgan fingerprint density at radius 2 is 1.94 bits per heavy atom. The highest BCUT2D eigenvalue weighted by Gasteiger charge is 2.22. The minimum absolute atomic E-state index is 0.0447. The summed E-state index contributed by atoms with van der Waals surface area (Å²) in [6.07, 6.45) is 1.95. The van der Waals surface area contributed by atoms with E-state index in [1.165, 1.54) is 16.8 Å². The van der Waals surface area contributed by atoms with Gasteiger partial charge in [-0.1, -0.05) is 24.3 Å². The first-order chi connectivity index (χ1) is 14.9. The van der Waals surface area contributed by atoms with E-state index >= 15 is 0 Å². The highest BCUT2D eigenvalue weighted by Crippen LogP contribution is 2.18. The van der Waals surface area contributed by atoms with Crippen LogP contribution in [0.4, 0.5) is 14.9 Å². The highest BCUT2D eigenvalue weighted by molar-refractivity contribution is 5.90. The number of fused-ring (bicyclic) bond motifs is 1. The third-order valence-electron chi connectivity index (χ3n) is 5.85. The Balaban J connectivity index is 1.38. The van der Waals surface area contributed by atoms with E-state index in [-0.39, 0.29) is 23.6 Å². The second kappa shape index (κ2) is 8.75. The summed E-state index contributed by atoms with van der Waals surface area (Å²) in [7, 11) is 0. The van der Waals surface area contributed by atoms with E-state index in [1.807, 2.05) is 32.0 Å². The maximum Gasteiger partial charge on any atom is 0.346 e. The Hall–Kier alpha value is -3.42. The number of hydrogen-bond acceptors (Lipinski definition) is 3. The molecule has 1 aliphatic rings. The average Bonchev–Trinajstić information content (AvgIpc) is 2.90. The molecule has 0 radical (unpaired) electrons. The maximum atomic E-state index is 13.1. The van der Waals surface area contributed by atoms with Crippen LogP contribution in [0.5, 0.6) is 0 Å². The number of aromatic nitrogens is 3. The van der Waals surface area contributed by atoms with E-state index < -0.39 is 0 Å². The summed E-state index contributed by atoms with van der Waals surface area (Å²) in [4.78, 5) is 25.2. The second-order valence-electron chi connectivity index (χ2n) is 8.00. The van der Waals surface area contributed by atoms with Crippen molar-refractivity contribution in [3.63, 3.8) is 0 Å². The zero-order chi connectivity index (χ0) is 22.0. The second-order valence-corrected chi connectivity index (χ2v) is 8.00. The van der Waals surface area contributed by atoms with Crippen molar-refractivity contribution >= 4 is 11.7 Å². The van der Waals surface area contributed by atoms with Crippen LogP contribution in [-0.2, 0) is 19.5 Å². The van der Waals surface area contributed by atoms with E-state index in [0.29, 0.717) is 38.2 Å². The fraction of sp³-hybridized carbons (Fsp3) is 0.348. The number of benzene rings is 2. The van der Waals surface area contributed by atoms with Crippen molar-refractivity contribution in [1.29, 1.82) is 0 Å². The van der Waals surface area contributed by atoms with Gasteiger partial charge in [0.2, 0.25) is 0 Å². The first kappa shape index (κ1) is 20.8. The van der Waals surface area contributed by atoms with Crippen LogP contribution in [0, 0.1) is 19.7 Å². The number of urea groups is 1. The molecule has 1 atom stereocenters. The number of hydrogen-bond donors (Lipinski definition) is 2. The van der Waals surface area contributed by atoms with Crippen LogP contribution in [0.15, 0.2) is 47.3 Å². The molecular formula is C23H26FN5O2. The molecule has 4 rings (SSSR count). The standard InChI is InChI=1S/C23H26FN5O2/c1-15-4-3-5-20(16(15)2)26-22(30)25-19-10-11-21-27-29(23(31)28(21)13-12-19)14-17-6-8-18(24)9-7-17/h3-9,19H,10-14H2,1-2H3,(H2,25,26,30). The van der Waals surface area contributed by atoms with Crippen LogP contribution in [0.2, 0.25) is 0 Å². The lowest BCUT2D eigenvalue weighted by Crippen LogP contribution is -2.38. The number of amides is 2. The molecule has 3 aromatic rings. The molecular weight excluding hydrogens is 397 g/mol. The Morgan fingerprint density at radius 3 is 2.71 bits per heavy atom. The molecule has 1 unspecified atom stereocenters. The Kier molecular flexibility index (Phi) is 5.88. The summed E-state index contributed by atoms with van der Waals surface area (Å²) >= 11 is 0. The molecule has 0 spiro atoms. The predicted molar refractivity (Wildman–Crippen MR) is 117 cm³/mol. The fourth-order valence-corrected chi connectivity index (χ4v) is 3.87. The number of nitrogens with one attached hydrogen (secondary N) is 2. The summed E-state index contributed by atoms with van der Waals surface area (Å²) in [6.45, 7) is 4.78. The average molecular weight is 423 g/mol. The Labute approximate surface area is 179 Å². The zero-order valence-corrected chi connectivity index (χ0v) is 17.7. The molecule has 0 fully saturated rings. The topological polar surface area (TPSA) is 81.0 Å². The van der Waals surface area contributed by atoms with Crippen molar-refractivity contribution in [2.75, 3.05) is 5.32 Å². The Bertz CT molecular complexity index is 1150. The number of aryl methyl sites for hydroxylation is 2. The van der Waals surface area contributed by atoms with Crippen LogP contribution in [0.1, 0.15) is 35.4 Å². The number of halogens is 1. The van der Waals surface area contributed by atoms with Gasteiger partial charge in [-0.25, -0.2) is 18.7 Å². The summed E-state index contributed by atoms with van der Waals surface area (Å²) in [5.41, 5.74) is 3.59. The molecule has 0 saturated heterocycles. The van der Waals surface area contributed by atoms with Gasteiger partial charge in [-0.05, 0) is 61.6 Å². The van der Waals surface area contributed by atoms with E-state index in [0.717, 1.165) is 22.4 Å². The van der Waals surface area contributed by atoms with Crippen LogP contribution >= 0.6 is 0 Å². The number of rotatable bonds is 4. The molecule has 1 aromatic heterocycles. The SMILES string of the molecule is Cc1cccc(NC(=O)NC2CCc3nn(Cc4ccc(F)cc4)c(=O)n3CC2)c1C. The van der Waals surface area contributed by atoms with Crippen LogP contribution in [0.25, 0.3) is 0 Å². The van der Waals surface area contributed by atoms with E-state index in [4.69, 9.17) is 0 Å². The lowest BCUT2D eigenvalue weighted by atomic mass is 10.1. The lowest BCUT2D eigenvalue weighted by Gasteiger charge is -2.17. The molecule has 8 heteroatoms. The molecule has 7 nitrogen and oxygen atoms in total. The van der Waals surface area contributed by atoms with E-state index in [1.54, 1.807) is 16.7 Å². The van der Waals surface area contributed by atoms with Gasteiger partial charge < -0.3 is 10.6 Å². The zero-order valence-electron chi connectivity index (χ0n) is 17.7. The molecule has 31 heavy (non-hydrogen) atoms. The smallest absolute Gasteiger partial charge is 0.335 e. The predicted octanol–water partition coefficient (Wildman–Crippen LogP) is 3.38. The number of anilines is 1. The fourth-order valence-electron chi connectivity index (χ4n) is 3.87. The first-order valence-electron chi connectivity index (χ1n) is 10.5. The van der Waals surface area contributed by atoms with Crippen LogP contribution in [-0.4, -0.2) is 26.4 Å². The molecule has 0 bridgehead atoms. The monoisotopic (exact) mass is 423 g/mol. The van der Waals surface area contributed by atoms with Gasteiger partial charge in [0.25, 0.3) is 0 Å². The van der Waals surface area contributed by atoms with Gasteiger partial charge in [0.1, 0.15) is 11.6 Å². The molecule has 0 aliphatic carbocycles. The van der Waals surface area contributed by atoms with Crippen molar-refractivity contribution in [1.82, 2.24) is 19.7 Å². The van der Waals surface area contributed by atoms with Gasteiger partial charge in [0.15, 0.2) is 0 Å². The Morgan fingerprint density at radius 1 is 1.16 bits per heavy atom. The highest BCUT2D eigenvalue weighted by atomic mass is 19.1. The minimum Gasteiger partial charge on any atom is -0.335 e. The molecule has 0 saturated carbocycles. The maximum absolute atomic E-state index is 13.1. The van der Waals surface area contributed by atoms with Gasteiger partial charge in [0.05, 0.1) is 6.54 Å². The largest absolute Gasteiger partial charge is 0.346 e. The molecule has 2 aromatic carbocycles. The molecule has 2 amide bonds. The third-order valence-corrected chi connectivity index (χ3v) is 5.85. The van der Waals surface area contributed by atoms with Crippen molar-refractivity contribution in [3.8, 4) is 0 Å². The molecule has 2 heterocycles. The summed E-state index contributed by atoms with van der Waals surface area (Å²) in [6, 6.07) is 11.6. The summed E-state index contributed by atoms with van der Waals surface area (Å²) in [5, 5.41) is 10.4. The first-order valence-corrected chi connectivity index (χ1v) is 10.5. The van der Waals surface area contributed by atoms with Crippen molar-refractivity contribution < 1.29 is 9.18 Å². The van der Waals surface area contributed by atoms with Gasteiger partial charge >= 0.3 is 11.7 Å². The van der Waals surface area contributed by atoms with Gasteiger partial charge in [-0.3, -0.25) is 4.57 Å². The minimum atomic E-state index is -0.308. The van der Waals surface area contributed by atoms with Crippen molar-refractivity contribution in [3.05, 3.63) is 81.3 Å². The lowest BCUT2D eigenvalue weighted by molar-refractivity contribution is 0.247. The summed E-state index contributed by atoms with van der Waals surface area (Å²) < 4.78 is 16.2. The van der Waals surface area contributed by atoms with E-state index in [9.17, 15) is 14.0 Å². The molecule has 162 valence electrons. The van der Waals surface area contributed by atoms with Gasteiger partial charge in [0, 0.05) is 24.7 Å².